The monoisotopic (exact) mass is 509 g/mol. The zero-order valence-corrected chi connectivity index (χ0v) is 20.8. The van der Waals surface area contributed by atoms with Crippen LogP contribution in [0.4, 0.5) is 5.69 Å². The molecule has 0 radical (unpaired) electrons. The Labute approximate surface area is 204 Å². The number of amides is 1. The predicted octanol–water partition coefficient (Wildman–Crippen LogP) is 5.02. The maximum absolute atomic E-state index is 13.5. The SMILES string of the molecule is CCCn1ccc(C(=O)N2CCN(Cc3ccccc3)CCCNc3ccc(Br)cc3C2)n1. The Kier molecular flexibility index (Phi) is 8.18. The Balaban J connectivity index is 1.58. The van der Waals surface area contributed by atoms with E-state index < -0.39 is 0 Å². The second-order valence-corrected chi connectivity index (χ2v) is 9.45. The van der Waals surface area contributed by atoms with Crippen molar-refractivity contribution in [2.45, 2.75) is 39.4 Å². The van der Waals surface area contributed by atoms with Gasteiger partial charge >= 0.3 is 0 Å². The van der Waals surface area contributed by atoms with Gasteiger partial charge in [-0.05, 0) is 48.2 Å². The molecule has 2 aromatic carbocycles. The van der Waals surface area contributed by atoms with Crippen molar-refractivity contribution in [3.8, 4) is 0 Å². The number of nitrogens with zero attached hydrogens (tertiary/aromatic N) is 4. The van der Waals surface area contributed by atoms with Crippen molar-refractivity contribution in [2.75, 3.05) is 31.5 Å². The third-order valence-electron chi connectivity index (χ3n) is 5.93. The van der Waals surface area contributed by atoms with Gasteiger partial charge in [0, 0.05) is 62.2 Å². The maximum Gasteiger partial charge on any atom is 0.274 e. The molecule has 1 aliphatic heterocycles. The lowest BCUT2D eigenvalue weighted by Crippen LogP contribution is -2.38. The van der Waals surface area contributed by atoms with E-state index in [2.05, 4.69) is 74.6 Å². The summed E-state index contributed by atoms with van der Waals surface area (Å²) in [5.74, 6) is -0.0188. The number of anilines is 1. The maximum atomic E-state index is 13.5. The number of benzene rings is 2. The van der Waals surface area contributed by atoms with Crippen LogP contribution in [0.5, 0.6) is 0 Å². The molecule has 1 aliphatic rings. The number of halogens is 1. The summed E-state index contributed by atoms with van der Waals surface area (Å²) in [6, 6.07) is 18.6. The molecule has 174 valence electrons. The lowest BCUT2D eigenvalue weighted by atomic mass is 10.1. The fraction of sp³-hybridized carbons (Fsp3) is 0.385. The molecule has 3 aromatic rings. The number of aryl methyl sites for hydroxylation is 1. The van der Waals surface area contributed by atoms with Crippen LogP contribution in [0.1, 0.15) is 41.4 Å². The van der Waals surface area contributed by atoms with Crippen molar-refractivity contribution in [2.24, 2.45) is 0 Å². The minimum Gasteiger partial charge on any atom is -0.385 e. The number of hydrogen-bond donors (Lipinski definition) is 1. The third kappa shape index (κ3) is 6.45. The number of rotatable bonds is 5. The Bertz CT molecular complexity index is 1050. The first kappa shape index (κ1) is 23.5. The Morgan fingerprint density at radius 2 is 1.94 bits per heavy atom. The highest BCUT2D eigenvalue weighted by atomic mass is 79.9. The van der Waals surface area contributed by atoms with E-state index in [1.165, 1.54) is 5.56 Å². The molecule has 0 saturated heterocycles. The standard InChI is InChI=1S/C26H32BrN5O/c1-2-13-32-15-11-25(29-32)26(33)31-17-16-30(19-21-7-4-3-5-8-21)14-6-12-28-24-10-9-23(27)18-22(24)20-31/h3-5,7-11,15,18,28H,2,6,12-14,16-17,19-20H2,1H3. The van der Waals surface area contributed by atoms with Crippen LogP contribution in [-0.2, 0) is 19.6 Å². The summed E-state index contributed by atoms with van der Waals surface area (Å²) < 4.78 is 2.87. The Morgan fingerprint density at radius 3 is 2.76 bits per heavy atom. The average molecular weight is 510 g/mol. The van der Waals surface area contributed by atoms with E-state index in [-0.39, 0.29) is 5.91 Å². The molecule has 1 N–H and O–H groups in total. The molecule has 7 heteroatoms. The van der Waals surface area contributed by atoms with E-state index in [1.807, 2.05) is 34.0 Å². The van der Waals surface area contributed by atoms with Crippen LogP contribution in [0, 0.1) is 0 Å². The zero-order chi connectivity index (χ0) is 23.0. The highest BCUT2D eigenvalue weighted by Gasteiger charge is 2.22. The zero-order valence-electron chi connectivity index (χ0n) is 19.2. The molecule has 0 spiro atoms. The minimum atomic E-state index is -0.0188. The van der Waals surface area contributed by atoms with Gasteiger partial charge in [-0.25, -0.2) is 0 Å². The number of nitrogens with one attached hydrogen (secondary N) is 1. The van der Waals surface area contributed by atoms with Gasteiger partial charge in [0.2, 0.25) is 0 Å². The van der Waals surface area contributed by atoms with Crippen molar-refractivity contribution < 1.29 is 4.79 Å². The van der Waals surface area contributed by atoms with E-state index in [1.54, 1.807) is 0 Å². The normalized spacial score (nSPS) is 15.4. The lowest BCUT2D eigenvalue weighted by molar-refractivity contribution is 0.0713. The summed E-state index contributed by atoms with van der Waals surface area (Å²) >= 11 is 3.60. The summed E-state index contributed by atoms with van der Waals surface area (Å²) in [6.07, 6.45) is 3.93. The molecule has 33 heavy (non-hydrogen) atoms. The number of fused-ring (bicyclic) bond motifs is 1. The highest BCUT2D eigenvalue weighted by molar-refractivity contribution is 9.10. The number of carbonyl (C=O) groups excluding carboxylic acids is 1. The molecular formula is C26H32BrN5O. The first-order chi connectivity index (χ1) is 16.1. The van der Waals surface area contributed by atoms with Crippen LogP contribution >= 0.6 is 15.9 Å². The van der Waals surface area contributed by atoms with Gasteiger partial charge in [-0.1, -0.05) is 53.2 Å². The van der Waals surface area contributed by atoms with Crippen LogP contribution in [0.15, 0.2) is 65.3 Å². The van der Waals surface area contributed by atoms with E-state index in [9.17, 15) is 4.79 Å². The number of aromatic nitrogens is 2. The molecule has 1 aromatic heterocycles. The van der Waals surface area contributed by atoms with Crippen molar-refractivity contribution in [1.29, 1.82) is 0 Å². The van der Waals surface area contributed by atoms with Crippen molar-refractivity contribution >= 4 is 27.5 Å². The van der Waals surface area contributed by atoms with Gasteiger partial charge in [-0.2, -0.15) is 5.10 Å². The highest BCUT2D eigenvalue weighted by Crippen LogP contribution is 2.24. The topological polar surface area (TPSA) is 53.4 Å². The van der Waals surface area contributed by atoms with Crippen LogP contribution in [0.2, 0.25) is 0 Å². The van der Waals surface area contributed by atoms with Gasteiger partial charge in [0.05, 0.1) is 0 Å². The number of hydrogen-bond acceptors (Lipinski definition) is 4. The minimum absolute atomic E-state index is 0.0188. The molecule has 4 rings (SSSR count). The largest absolute Gasteiger partial charge is 0.385 e. The smallest absolute Gasteiger partial charge is 0.274 e. The van der Waals surface area contributed by atoms with Gasteiger partial charge in [0.15, 0.2) is 0 Å². The molecular weight excluding hydrogens is 478 g/mol. The molecule has 0 unspecified atom stereocenters. The van der Waals surface area contributed by atoms with Gasteiger partial charge < -0.3 is 10.2 Å². The Hall–Kier alpha value is -2.64. The van der Waals surface area contributed by atoms with Crippen LogP contribution in [-0.4, -0.2) is 51.7 Å². The molecule has 1 amide bonds. The summed E-state index contributed by atoms with van der Waals surface area (Å²) in [4.78, 5) is 17.9. The van der Waals surface area contributed by atoms with Crippen LogP contribution < -0.4 is 5.32 Å². The van der Waals surface area contributed by atoms with Gasteiger partial charge in [0.1, 0.15) is 5.69 Å². The summed E-state index contributed by atoms with van der Waals surface area (Å²) in [7, 11) is 0. The molecule has 0 saturated carbocycles. The van der Waals surface area contributed by atoms with E-state index in [0.717, 1.165) is 61.3 Å². The fourth-order valence-corrected chi connectivity index (χ4v) is 4.62. The van der Waals surface area contributed by atoms with Gasteiger partial charge in [0.25, 0.3) is 5.91 Å². The fourth-order valence-electron chi connectivity index (χ4n) is 4.21. The predicted molar refractivity (Wildman–Crippen MR) is 136 cm³/mol. The molecule has 0 aliphatic carbocycles. The summed E-state index contributed by atoms with van der Waals surface area (Å²) in [5.41, 5.74) is 4.01. The van der Waals surface area contributed by atoms with E-state index in [0.29, 0.717) is 18.8 Å². The molecule has 6 nitrogen and oxygen atoms in total. The van der Waals surface area contributed by atoms with Crippen molar-refractivity contribution in [3.63, 3.8) is 0 Å². The average Bonchev–Trinajstić information content (AvgIpc) is 3.27. The van der Waals surface area contributed by atoms with Gasteiger partial charge in [-0.3, -0.25) is 14.4 Å². The molecule has 0 atom stereocenters. The first-order valence-corrected chi connectivity index (χ1v) is 12.5. The summed E-state index contributed by atoms with van der Waals surface area (Å²) in [5, 5.41) is 8.12. The lowest BCUT2D eigenvalue weighted by Gasteiger charge is -2.27. The number of carbonyl (C=O) groups is 1. The van der Waals surface area contributed by atoms with Crippen molar-refractivity contribution in [1.82, 2.24) is 19.6 Å². The first-order valence-electron chi connectivity index (χ1n) is 11.7. The molecule has 0 bridgehead atoms. The van der Waals surface area contributed by atoms with E-state index >= 15 is 0 Å². The van der Waals surface area contributed by atoms with Crippen LogP contribution in [0.25, 0.3) is 0 Å². The second kappa shape index (κ2) is 11.5. The van der Waals surface area contributed by atoms with Gasteiger partial charge in [-0.15, -0.1) is 0 Å². The third-order valence-corrected chi connectivity index (χ3v) is 6.42. The Morgan fingerprint density at radius 1 is 1.09 bits per heavy atom. The molecule has 0 fully saturated rings. The molecule has 2 heterocycles. The van der Waals surface area contributed by atoms with Crippen molar-refractivity contribution in [3.05, 3.63) is 82.1 Å². The van der Waals surface area contributed by atoms with E-state index in [4.69, 9.17) is 0 Å². The second-order valence-electron chi connectivity index (χ2n) is 8.53. The van der Waals surface area contributed by atoms with Crippen LogP contribution in [0.3, 0.4) is 0 Å². The quantitative estimate of drug-likeness (QED) is 0.524. The summed E-state index contributed by atoms with van der Waals surface area (Å²) in [6.45, 7) is 7.69.